The average molecular weight is 250 g/mol. The number of benzene rings is 1. The molecule has 4 nitrogen and oxygen atoms in total. The fourth-order valence-corrected chi connectivity index (χ4v) is 2.02. The van der Waals surface area contributed by atoms with Crippen LogP contribution in [0.5, 0.6) is 5.75 Å². The number of hydrogen-bond acceptors (Lipinski definition) is 3. The maximum atomic E-state index is 11.2. The SMILES string of the molecule is O=C1COc2c(Cl)cc(-c3ccco3)cc2N1. The Bertz CT molecular complexity index is 578. The summed E-state index contributed by atoms with van der Waals surface area (Å²) in [5.74, 6) is 1.00. The van der Waals surface area contributed by atoms with Crippen LogP contribution < -0.4 is 10.1 Å². The normalized spacial score (nSPS) is 13.8. The Morgan fingerprint density at radius 1 is 1.35 bits per heavy atom. The van der Waals surface area contributed by atoms with E-state index in [0.717, 1.165) is 5.56 Å². The number of amides is 1. The molecule has 2 heterocycles. The summed E-state index contributed by atoms with van der Waals surface area (Å²) < 4.78 is 10.5. The number of carbonyl (C=O) groups excluding carboxylic acids is 1. The van der Waals surface area contributed by atoms with Crippen LogP contribution in [0.1, 0.15) is 0 Å². The number of carbonyl (C=O) groups is 1. The fourth-order valence-electron chi connectivity index (χ4n) is 1.74. The number of hydrogen-bond donors (Lipinski definition) is 1. The van der Waals surface area contributed by atoms with Gasteiger partial charge < -0.3 is 14.5 Å². The molecular weight excluding hydrogens is 242 g/mol. The van der Waals surface area contributed by atoms with Crippen molar-refractivity contribution in [3.8, 4) is 17.1 Å². The minimum atomic E-state index is -0.190. The van der Waals surface area contributed by atoms with Crippen LogP contribution in [0, 0.1) is 0 Å². The van der Waals surface area contributed by atoms with Gasteiger partial charge in [-0.25, -0.2) is 0 Å². The molecule has 0 radical (unpaired) electrons. The van der Waals surface area contributed by atoms with Crippen LogP contribution in [0.2, 0.25) is 5.02 Å². The highest BCUT2D eigenvalue weighted by Crippen LogP contribution is 2.39. The molecule has 17 heavy (non-hydrogen) atoms. The van der Waals surface area contributed by atoms with E-state index in [-0.39, 0.29) is 12.5 Å². The first-order valence-electron chi connectivity index (χ1n) is 5.04. The summed E-state index contributed by atoms with van der Waals surface area (Å²) in [6.45, 7) is -0.00712. The Morgan fingerprint density at radius 2 is 2.24 bits per heavy atom. The summed E-state index contributed by atoms with van der Waals surface area (Å²) in [6, 6.07) is 7.13. The van der Waals surface area contributed by atoms with Crippen LogP contribution in [-0.4, -0.2) is 12.5 Å². The molecule has 3 rings (SSSR count). The largest absolute Gasteiger partial charge is 0.480 e. The van der Waals surface area contributed by atoms with E-state index in [1.165, 1.54) is 0 Å². The predicted octanol–water partition coefficient (Wildman–Crippen LogP) is 2.93. The van der Waals surface area contributed by atoms with Gasteiger partial charge in [0.05, 0.1) is 17.0 Å². The second-order valence-corrected chi connectivity index (χ2v) is 4.06. The van der Waals surface area contributed by atoms with Crippen molar-refractivity contribution in [1.82, 2.24) is 0 Å². The van der Waals surface area contributed by atoms with Crippen molar-refractivity contribution < 1.29 is 13.9 Å². The Hall–Kier alpha value is -1.94. The van der Waals surface area contributed by atoms with Crippen LogP contribution in [-0.2, 0) is 4.79 Å². The molecule has 2 aromatic rings. The Kier molecular flexibility index (Phi) is 2.30. The third-order valence-electron chi connectivity index (χ3n) is 2.47. The average Bonchev–Trinajstić information content (AvgIpc) is 2.81. The molecule has 1 N–H and O–H groups in total. The number of ether oxygens (including phenoxy) is 1. The molecule has 1 aromatic heterocycles. The van der Waals surface area contributed by atoms with Gasteiger partial charge >= 0.3 is 0 Å². The zero-order valence-corrected chi connectivity index (χ0v) is 9.45. The lowest BCUT2D eigenvalue weighted by Crippen LogP contribution is -2.25. The monoisotopic (exact) mass is 249 g/mol. The third kappa shape index (κ3) is 1.76. The first-order valence-corrected chi connectivity index (χ1v) is 5.42. The highest BCUT2D eigenvalue weighted by molar-refractivity contribution is 6.33. The van der Waals surface area contributed by atoms with E-state index in [1.807, 2.05) is 6.07 Å². The standard InChI is InChI=1S/C12H8ClNO3/c13-8-4-7(10-2-1-3-16-10)5-9-12(8)17-6-11(15)14-9/h1-5H,6H2,(H,14,15). The number of rotatable bonds is 1. The van der Waals surface area contributed by atoms with Gasteiger partial charge in [-0.1, -0.05) is 11.6 Å². The maximum absolute atomic E-state index is 11.2. The van der Waals surface area contributed by atoms with E-state index in [9.17, 15) is 4.79 Å². The minimum Gasteiger partial charge on any atom is -0.480 e. The van der Waals surface area contributed by atoms with Gasteiger partial charge in [0.25, 0.3) is 5.91 Å². The van der Waals surface area contributed by atoms with Crippen molar-refractivity contribution >= 4 is 23.2 Å². The minimum absolute atomic E-state index is 0.00712. The van der Waals surface area contributed by atoms with Crippen LogP contribution in [0.3, 0.4) is 0 Å². The fraction of sp³-hybridized carbons (Fsp3) is 0.0833. The molecular formula is C12H8ClNO3. The summed E-state index contributed by atoms with van der Waals surface area (Å²) in [5, 5.41) is 3.17. The van der Waals surface area contributed by atoms with Gasteiger partial charge in [0.1, 0.15) is 5.76 Å². The first kappa shape index (κ1) is 10.2. The lowest BCUT2D eigenvalue weighted by Gasteiger charge is -2.19. The van der Waals surface area contributed by atoms with Crippen molar-refractivity contribution in [3.05, 3.63) is 35.6 Å². The van der Waals surface area contributed by atoms with Crippen molar-refractivity contribution in [1.29, 1.82) is 0 Å². The van der Waals surface area contributed by atoms with Crippen molar-refractivity contribution in [2.24, 2.45) is 0 Å². The summed E-state index contributed by atoms with van der Waals surface area (Å²) >= 11 is 6.09. The van der Waals surface area contributed by atoms with Crippen LogP contribution >= 0.6 is 11.6 Å². The molecule has 5 heteroatoms. The molecule has 1 aliphatic rings. The van der Waals surface area contributed by atoms with Gasteiger partial charge in [0.2, 0.25) is 0 Å². The number of nitrogens with one attached hydrogen (secondary N) is 1. The zero-order valence-electron chi connectivity index (χ0n) is 8.70. The molecule has 0 bridgehead atoms. The zero-order chi connectivity index (χ0) is 11.8. The van der Waals surface area contributed by atoms with Crippen molar-refractivity contribution in [2.45, 2.75) is 0 Å². The topological polar surface area (TPSA) is 51.5 Å². The van der Waals surface area contributed by atoms with E-state index >= 15 is 0 Å². The molecule has 0 spiro atoms. The quantitative estimate of drug-likeness (QED) is 0.845. The molecule has 0 saturated carbocycles. The van der Waals surface area contributed by atoms with Crippen LogP contribution in [0.15, 0.2) is 34.9 Å². The Balaban J connectivity index is 2.12. The number of fused-ring (bicyclic) bond motifs is 1. The highest BCUT2D eigenvalue weighted by Gasteiger charge is 2.20. The maximum Gasteiger partial charge on any atom is 0.262 e. The highest BCUT2D eigenvalue weighted by atomic mass is 35.5. The van der Waals surface area contributed by atoms with E-state index < -0.39 is 0 Å². The summed E-state index contributed by atoms with van der Waals surface area (Å²) in [4.78, 5) is 11.2. The van der Waals surface area contributed by atoms with Crippen LogP contribution in [0.25, 0.3) is 11.3 Å². The molecule has 1 aromatic carbocycles. The first-order chi connectivity index (χ1) is 8.24. The van der Waals surface area contributed by atoms with E-state index in [1.54, 1.807) is 24.5 Å². The van der Waals surface area contributed by atoms with Gasteiger partial charge in [-0.05, 0) is 24.3 Å². The molecule has 1 amide bonds. The van der Waals surface area contributed by atoms with Crippen molar-refractivity contribution in [3.63, 3.8) is 0 Å². The number of halogens is 1. The van der Waals surface area contributed by atoms with Gasteiger partial charge in [-0.3, -0.25) is 4.79 Å². The van der Waals surface area contributed by atoms with Gasteiger partial charge in [-0.15, -0.1) is 0 Å². The lowest BCUT2D eigenvalue weighted by atomic mass is 10.1. The van der Waals surface area contributed by atoms with E-state index in [4.69, 9.17) is 20.8 Å². The lowest BCUT2D eigenvalue weighted by molar-refractivity contribution is -0.118. The molecule has 0 aliphatic carbocycles. The molecule has 0 unspecified atom stereocenters. The molecule has 0 saturated heterocycles. The third-order valence-corrected chi connectivity index (χ3v) is 2.75. The predicted molar refractivity (Wildman–Crippen MR) is 63.3 cm³/mol. The smallest absolute Gasteiger partial charge is 0.262 e. The van der Waals surface area contributed by atoms with Crippen LogP contribution in [0.4, 0.5) is 5.69 Å². The summed E-state index contributed by atoms with van der Waals surface area (Å²) in [5.41, 5.74) is 1.37. The van der Waals surface area contributed by atoms with E-state index in [0.29, 0.717) is 22.2 Å². The second kappa shape index (κ2) is 3.82. The molecule has 86 valence electrons. The van der Waals surface area contributed by atoms with Gasteiger partial charge in [0, 0.05) is 5.56 Å². The summed E-state index contributed by atoms with van der Waals surface area (Å²) in [6.07, 6.45) is 1.58. The van der Waals surface area contributed by atoms with Crippen molar-refractivity contribution in [2.75, 3.05) is 11.9 Å². The molecule has 0 atom stereocenters. The molecule has 1 aliphatic heterocycles. The Labute approximate surface area is 102 Å². The molecule has 0 fully saturated rings. The second-order valence-electron chi connectivity index (χ2n) is 3.65. The Morgan fingerprint density at radius 3 is 3.00 bits per heavy atom. The summed E-state index contributed by atoms with van der Waals surface area (Å²) in [7, 11) is 0. The number of furan rings is 1. The van der Waals surface area contributed by atoms with E-state index in [2.05, 4.69) is 5.32 Å². The van der Waals surface area contributed by atoms with Gasteiger partial charge in [-0.2, -0.15) is 0 Å². The number of anilines is 1. The van der Waals surface area contributed by atoms with Gasteiger partial charge in [0.15, 0.2) is 12.4 Å².